The molecule has 0 aliphatic rings. The van der Waals surface area contributed by atoms with Crippen molar-refractivity contribution in [3.63, 3.8) is 0 Å². The molecule has 147 valence electrons. The second-order valence-corrected chi connectivity index (χ2v) is 10.3. The van der Waals surface area contributed by atoms with Crippen LogP contribution in [-0.2, 0) is 16.6 Å². The average Bonchev–Trinajstić information content (AvgIpc) is 3.10. The Kier molecular flexibility index (Phi) is 5.26. The van der Waals surface area contributed by atoms with E-state index < -0.39 is 9.04 Å². The highest BCUT2D eigenvalue weighted by Gasteiger charge is 2.25. The Morgan fingerprint density at radius 3 is 2.00 bits per heavy atom. The standard InChI is InChI=1S/C24H26N3OSi/c1-24(2,3)23-26-22-20(25)15-10-16-21(22)27(23)17-28-29(18-11-6-4-7-12-18)19-13-8-5-9-14-19/h4-16H,17,25H2,1-3H3. The highest BCUT2D eigenvalue weighted by atomic mass is 28.3. The second-order valence-electron chi connectivity index (χ2n) is 8.16. The predicted octanol–water partition coefficient (Wildman–Crippen LogP) is 3.70. The van der Waals surface area contributed by atoms with E-state index in [1.54, 1.807) is 0 Å². The molecule has 0 aliphatic carbocycles. The van der Waals surface area contributed by atoms with Crippen LogP contribution in [-0.4, -0.2) is 18.6 Å². The van der Waals surface area contributed by atoms with Gasteiger partial charge in [0, 0.05) is 5.41 Å². The Hall–Kier alpha value is -2.89. The number of imidazole rings is 1. The lowest BCUT2D eigenvalue weighted by Gasteiger charge is -2.22. The summed E-state index contributed by atoms with van der Waals surface area (Å²) in [6.07, 6.45) is 0. The third-order valence-electron chi connectivity index (χ3n) is 4.89. The lowest BCUT2D eigenvalue weighted by atomic mass is 9.96. The van der Waals surface area contributed by atoms with Crippen molar-refractivity contribution < 1.29 is 4.43 Å². The van der Waals surface area contributed by atoms with Gasteiger partial charge < -0.3 is 14.7 Å². The summed E-state index contributed by atoms with van der Waals surface area (Å²) in [6.45, 7) is 6.94. The molecule has 0 aliphatic heterocycles. The quantitative estimate of drug-likeness (QED) is 0.411. The molecule has 1 aromatic heterocycles. The van der Waals surface area contributed by atoms with E-state index in [9.17, 15) is 0 Å². The van der Waals surface area contributed by atoms with E-state index in [2.05, 4.69) is 79.9 Å². The van der Waals surface area contributed by atoms with Crippen molar-refractivity contribution in [2.75, 3.05) is 5.73 Å². The van der Waals surface area contributed by atoms with E-state index in [-0.39, 0.29) is 5.41 Å². The maximum atomic E-state index is 6.63. The number of hydrogen-bond donors (Lipinski definition) is 1. The summed E-state index contributed by atoms with van der Waals surface area (Å²) in [7, 11) is -1.39. The van der Waals surface area contributed by atoms with Gasteiger partial charge in [0.2, 0.25) is 0 Å². The van der Waals surface area contributed by atoms with Crippen LogP contribution in [0, 0.1) is 0 Å². The molecule has 4 nitrogen and oxygen atoms in total. The molecule has 0 saturated heterocycles. The van der Waals surface area contributed by atoms with E-state index in [1.165, 1.54) is 10.4 Å². The minimum atomic E-state index is -1.39. The Labute approximate surface area is 173 Å². The first-order valence-electron chi connectivity index (χ1n) is 9.81. The maximum absolute atomic E-state index is 6.63. The largest absolute Gasteiger partial charge is 0.397 e. The second kappa shape index (κ2) is 7.85. The third kappa shape index (κ3) is 3.97. The fourth-order valence-corrected chi connectivity index (χ4v) is 5.43. The van der Waals surface area contributed by atoms with E-state index in [0.29, 0.717) is 12.4 Å². The monoisotopic (exact) mass is 400 g/mol. The number of para-hydroxylation sites is 1. The molecular formula is C24H26N3OSi. The van der Waals surface area contributed by atoms with Gasteiger partial charge in [-0.25, -0.2) is 4.98 Å². The van der Waals surface area contributed by atoms with Gasteiger partial charge in [-0.3, -0.25) is 0 Å². The smallest absolute Gasteiger partial charge is 0.284 e. The number of fused-ring (bicyclic) bond motifs is 1. The predicted molar refractivity (Wildman–Crippen MR) is 122 cm³/mol. The van der Waals surface area contributed by atoms with Gasteiger partial charge in [0.25, 0.3) is 9.04 Å². The molecule has 0 bridgehead atoms. The number of aromatic nitrogens is 2. The molecule has 0 spiro atoms. The van der Waals surface area contributed by atoms with Crippen LogP contribution in [0.15, 0.2) is 78.9 Å². The van der Waals surface area contributed by atoms with Gasteiger partial charge in [-0.15, -0.1) is 0 Å². The van der Waals surface area contributed by atoms with Crippen LogP contribution >= 0.6 is 0 Å². The topological polar surface area (TPSA) is 53.1 Å². The van der Waals surface area contributed by atoms with E-state index in [0.717, 1.165) is 16.9 Å². The zero-order chi connectivity index (χ0) is 20.4. The molecule has 0 fully saturated rings. The minimum Gasteiger partial charge on any atom is -0.397 e. The Balaban J connectivity index is 1.75. The fourth-order valence-electron chi connectivity index (χ4n) is 3.51. The molecule has 5 heteroatoms. The minimum absolute atomic E-state index is 0.124. The molecule has 4 aromatic rings. The summed E-state index contributed by atoms with van der Waals surface area (Å²) in [4.78, 5) is 4.88. The SMILES string of the molecule is CC(C)(C)c1nc2c(N)cccc2n1CO[Si](c1ccccc1)c1ccccc1. The zero-order valence-corrected chi connectivity index (χ0v) is 18.1. The van der Waals surface area contributed by atoms with Crippen molar-refractivity contribution >= 4 is 36.1 Å². The van der Waals surface area contributed by atoms with Gasteiger partial charge in [-0.1, -0.05) is 87.5 Å². The first kappa shape index (κ1) is 19.4. The number of benzene rings is 3. The molecular weight excluding hydrogens is 374 g/mol. The molecule has 0 amide bonds. The number of anilines is 1. The van der Waals surface area contributed by atoms with Gasteiger partial charge in [0.15, 0.2) is 0 Å². The van der Waals surface area contributed by atoms with Crippen molar-refractivity contribution in [2.24, 2.45) is 0 Å². The van der Waals surface area contributed by atoms with Gasteiger partial charge >= 0.3 is 0 Å². The highest BCUT2D eigenvalue weighted by Crippen LogP contribution is 2.29. The van der Waals surface area contributed by atoms with E-state index >= 15 is 0 Å². The van der Waals surface area contributed by atoms with Gasteiger partial charge in [-0.2, -0.15) is 0 Å². The summed E-state index contributed by atoms with van der Waals surface area (Å²) in [6, 6.07) is 26.9. The number of nitrogens with zero attached hydrogens (tertiary/aromatic N) is 2. The van der Waals surface area contributed by atoms with Crippen molar-refractivity contribution in [3.05, 3.63) is 84.7 Å². The molecule has 0 saturated carbocycles. The van der Waals surface area contributed by atoms with Gasteiger partial charge in [0.05, 0.1) is 11.2 Å². The molecule has 1 radical (unpaired) electrons. The Bertz CT molecular complexity index is 1060. The van der Waals surface area contributed by atoms with Crippen LogP contribution in [0.25, 0.3) is 11.0 Å². The van der Waals surface area contributed by atoms with Crippen LogP contribution in [0.1, 0.15) is 26.6 Å². The Morgan fingerprint density at radius 2 is 1.45 bits per heavy atom. The number of nitrogen functional groups attached to an aromatic ring is 1. The molecule has 29 heavy (non-hydrogen) atoms. The number of hydrogen-bond acceptors (Lipinski definition) is 3. The van der Waals surface area contributed by atoms with E-state index in [4.69, 9.17) is 15.1 Å². The summed E-state index contributed by atoms with van der Waals surface area (Å²) >= 11 is 0. The van der Waals surface area contributed by atoms with Crippen LogP contribution in [0.5, 0.6) is 0 Å². The number of nitrogens with two attached hydrogens (primary N) is 1. The van der Waals surface area contributed by atoms with Crippen LogP contribution in [0.3, 0.4) is 0 Å². The number of rotatable bonds is 5. The maximum Gasteiger partial charge on any atom is 0.284 e. The Morgan fingerprint density at radius 1 is 0.862 bits per heavy atom. The molecule has 4 rings (SSSR count). The van der Waals surface area contributed by atoms with Crippen molar-refractivity contribution in [2.45, 2.75) is 32.9 Å². The van der Waals surface area contributed by atoms with Crippen LogP contribution in [0.4, 0.5) is 5.69 Å². The molecule has 1 heterocycles. The molecule has 0 atom stereocenters. The summed E-state index contributed by atoms with van der Waals surface area (Å²) < 4.78 is 8.80. The highest BCUT2D eigenvalue weighted by molar-refractivity contribution is 6.79. The normalized spacial score (nSPS) is 12.0. The first-order chi connectivity index (χ1) is 13.9. The molecule has 0 unspecified atom stereocenters. The third-order valence-corrected chi connectivity index (χ3v) is 7.02. The van der Waals surface area contributed by atoms with Gasteiger partial charge in [-0.05, 0) is 22.5 Å². The van der Waals surface area contributed by atoms with E-state index in [1.807, 2.05) is 24.3 Å². The van der Waals surface area contributed by atoms with Crippen molar-refractivity contribution in [3.8, 4) is 0 Å². The summed E-state index contributed by atoms with van der Waals surface area (Å²) in [5.74, 6) is 0.980. The van der Waals surface area contributed by atoms with Gasteiger partial charge in [0.1, 0.15) is 18.1 Å². The summed E-state index contributed by atoms with van der Waals surface area (Å²) in [5, 5.41) is 2.45. The molecule has 3 aromatic carbocycles. The van der Waals surface area contributed by atoms with Crippen molar-refractivity contribution in [1.29, 1.82) is 0 Å². The van der Waals surface area contributed by atoms with Crippen molar-refractivity contribution in [1.82, 2.24) is 9.55 Å². The first-order valence-corrected chi connectivity index (χ1v) is 11.2. The van der Waals surface area contributed by atoms with Crippen LogP contribution in [0.2, 0.25) is 0 Å². The van der Waals surface area contributed by atoms with Crippen LogP contribution < -0.4 is 16.1 Å². The lowest BCUT2D eigenvalue weighted by Crippen LogP contribution is -2.45. The fraction of sp³-hybridized carbons (Fsp3) is 0.208. The lowest BCUT2D eigenvalue weighted by molar-refractivity contribution is 0.240. The average molecular weight is 401 g/mol. The molecule has 2 N–H and O–H groups in total. The summed E-state index contributed by atoms with van der Waals surface area (Å²) in [5.41, 5.74) is 8.64. The zero-order valence-electron chi connectivity index (χ0n) is 17.1.